The molecular formula is C7H14O3. The molecule has 0 aromatic carbocycles. The van der Waals surface area contributed by atoms with Crippen LogP contribution in [0.25, 0.3) is 0 Å². The third-order valence-electron chi connectivity index (χ3n) is 1.30. The van der Waals surface area contributed by atoms with Crippen LogP contribution in [0.1, 0.15) is 13.3 Å². The lowest BCUT2D eigenvalue weighted by Gasteiger charge is -2.18. The number of hydrogen-bond acceptors (Lipinski definition) is 3. The molecule has 0 fully saturated rings. The minimum absolute atomic E-state index is 0.298. The molecule has 3 nitrogen and oxygen atoms in total. The second-order valence-corrected chi connectivity index (χ2v) is 2.32. The minimum atomic E-state index is -1.07. The van der Waals surface area contributed by atoms with Crippen LogP contribution in [-0.2, 0) is 0 Å². The zero-order chi connectivity index (χ0) is 8.15. The summed E-state index contributed by atoms with van der Waals surface area (Å²) in [6.07, 6.45) is -1.08. The van der Waals surface area contributed by atoms with Gasteiger partial charge in [0.15, 0.2) is 0 Å². The molecule has 0 aliphatic rings. The Bertz CT molecular complexity index is 101. The molecular weight excluding hydrogens is 132 g/mol. The van der Waals surface area contributed by atoms with Crippen molar-refractivity contribution in [2.24, 2.45) is 0 Å². The van der Waals surface area contributed by atoms with Crippen molar-refractivity contribution in [3.63, 3.8) is 0 Å². The summed E-state index contributed by atoms with van der Waals surface area (Å²) in [4.78, 5) is 0. The van der Waals surface area contributed by atoms with Gasteiger partial charge in [0.2, 0.25) is 0 Å². The molecule has 0 aromatic rings. The highest BCUT2D eigenvalue weighted by Gasteiger charge is 2.19. The summed E-state index contributed by atoms with van der Waals surface area (Å²) in [6, 6.07) is 0. The lowest BCUT2D eigenvalue weighted by Crippen LogP contribution is -2.34. The van der Waals surface area contributed by atoms with Gasteiger partial charge in [0.25, 0.3) is 0 Å². The van der Waals surface area contributed by atoms with Gasteiger partial charge in [-0.05, 0) is 13.3 Å². The number of rotatable bonds is 4. The first kappa shape index (κ1) is 9.62. The zero-order valence-corrected chi connectivity index (χ0v) is 6.07. The van der Waals surface area contributed by atoms with Gasteiger partial charge in [-0.25, -0.2) is 0 Å². The maximum atomic E-state index is 9.01. The largest absolute Gasteiger partial charge is 0.391 e. The lowest BCUT2D eigenvalue weighted by atomic mass is 10.1. The third-order valence-corrected chi connectivity index (χ3v) is 1.30. The van der Waals surface area contributed by atoms with Gasteiger partial charge < -0.3 is 15.3 Å². The van der Waals surface area contributed by atoms with Crippen LogP contribution in [0.3, 0.4) is 0 Å². The normalized spacial score (nSPS) is 19.6. The fourth-order valence-corrected chi connectivity index (χ4v) is 0.632. The summed E-state index contributed by atoms with van der Waals surface area (Å²) in [7, 11) is 0. The molecule has 0 heterocycles. The monoisotopic (exact) mass is 146 g/mol. The molecule has 0 spiro atoms. The highest BCUT2D eigenvalue weighted by atomic mass is 16.4. The Morgan fingerprint density at radius 1 is 1.40 bits per heavy atom. The van der Waals surface area contributed by atoms with Crippen LogP contribution >= 0.6 is 0 Å². The van der Waals surface area contributed by atoms with Gasteiger partial charge in [-0.2, -0.15) is 0 Å². The van der Waals surface area contributed by atoms with Gasteiger partial charge in [-0.3, -0.25) is 0 Å². The van der Waals surface area contributed by atoms with E-state index in [1.165, 1.54) is 13.0 Å². The van der Waals surface area contributed by atoms with Gasteiger partial charge in [-0.15, -0.1) is 6.58 Å². The van der Waals surface area contributed by atoms with E-state index in [9.17, 15) is 0 Å². The van der Waals surface area contributed by atoms with Crippen molar-refractivity contribution in [3.8, 4) is 0 Å². The third kappa shape index (κ3) is 2.96. The average molecular weight is 146 g/mol. The Morgan fingerprint density at radius 3 is 2.20 bits per heavy atom. The predicted octanol–water partition coefficient (Wildman–Crippen LogP) is -0.335. The van der Waals surface area contributed by atoms with E-state index in [0.717, 1.165) is 0 Å². The smallest absolute Gasteiger partial charge is 0.106 e. The van der Waals surface area contributed by atoms with E-state index in [0.29, 0.717) is 6.42 Å². The second-order valence-electron chi connectivity index (χ2n) is 2.32. The zero-order valence-electron chi connectivity index (χ0n) is 6.07. The Kier molecular flexibility index (Phi) is 4.27. The van der Waals surface area contributed by atoms with Gasteiger partial charge in [0.05, 0.1) is 12.2 Å². The lowest BCUT2D eigenvalue weighted by molar-refractivity contribution is -0.0499. The van der Waals surface area contributed by atoms with Gasteiger partial charge in [-0.1, -0.05) is 6.08 Å². The Balaban J connectivity index is 3.68. The maximum absolute atomic E-state index is 9.01. The minimum Gasteiger partial charge on any atom is -0.391 e. The number of hydrogen-bond donors (Lipinski definition) is 3. The fourth-order valence-electron chi connectivity index (χ4n) is 0.632. The molecule has 0 saturated carbocycles. The van der Waals surface area contributed by atoms with Crippen LogP contribution < -0.4 is 0 Å². The quantitative estimate of drug-likeness (QED) is 0.476. The SMILES string of the molecule is C=CC[C@H](O)[C@H](O)[C@@H](C)O. The highest BCUT2D eigenvalue weighted by molar-refractivity contribution is 4.79. The molecule has 0 saturated heterocycles. The van der Waals surface area contributed by atoms with Crippen molar-refractivity contribution in [2.45, 2.75) is 31.7 Å². The van der Waals surface area contributed by atoms with Crippen LogP contribution in [-0.4, -0.2) is 33.6 Å². The second kappa shape index (κ2) is 4.44. The van der Waals surface area contributed by atoms with Crippen LogP contribution in [0.4, 0.5) is 0 Å². The van der Waals surface area contributed by atoms with Crippen LogP contribution in [0.2, 0.25) is 0 Å². The van der Waals surface area contributed by atoms with Gasteiger partial charge >= 0.3 is 0 Å². The first-order valence-electron chi connectivity index (χ1n) is 3.24. The number of aliphatic hydroxyl groups excluding tert-OH is 3. The van der Waals surface area contributed by atoms with E-state index in [1.807, 2.05) is 0 Å². The molecule has 0 aliphatic heterocycles. The van der Waals surface area contributed by atoms with Gasteiger partial charge in [0, 0.05) is 0 Å². The van der Waals surface area contributed by atoms with Crippen molar-refractivity contribution >= 4 is 0 Å². The molecule has 60 valence electrons. The summed E-state index contributed by atoms with van der Waals surface area (Å²) in [5.41, 5.74) is 0. The Hall–Kier alpha value is -0.380. The van der Waals surface area contributed by atoms with Crippen LogP contribution in [0, 0.1) is 0 Å². The Labute approximate surface area is 60.6 Å². The average Bonchev–Trinajstić information content (AvgIpc) is 1.87. The topological polar surface area (TPSA) is 60.7 Å². The molecule has 3 atom stereocenters. The molecule has 0 amide bonds. The van der Waals surface area contributed by atoms with Crippen molar-refractivity contribution in [1.82, 2.24) is 0 Å². The van der Waals surface area contributed by atoms with E-state index in [1.54, 1.807) is 0 Å². The summed E-state index contributed by atoms with van der Waals surface area (Å²) >= 11 is 0. The van der Waals surface area contributed by atoms with E-state index in [4.69, 9.17) is 15.3 Å². The van der Waals surface area contributed by atoms with Crippen molar-refractivity contribution in [1.29, 1.82) is 0 Å². The predicted molar refractivity (Wildman–Crippen MR) is 38.5 cm³/mol. The molecule has 3 N–H and O–H groups in total. The molecule has 0 aliphatic carbocycles. The number of aliphatic hydroxyl groups is 3. The summed E-state index contributed by atoms with van der Waals surface area (Å²) in [6.45, 7) is 4.82. The summed E-state index contributed by atoms with van der Waals surface area (Å²) in [5, 5.41) is 26.8. The van der Waals surface area contributed by atoms with E-state index < -0.39 is 18.3 Å². The van der Waals surface area contributed by atoms with E-state index in [-0.39, 0.29) is 0 Å². The van der Waals surface area contributed by atoms with E-state index in [2.05, 4.69) is 6.58 Å². The molecule has 0 radical (unpaired) electrons. The molecule has 0 unspecified atom stereocenters. The Morgan fingerprint density at radius 2 is 1.90 bits per heavy atom. The van der Waals surface area contributed by atoms with Crippen LogP contribution in [0.15, 0.2) is 12.7 Å². The van der Waals surface area contributed by atoms with Crippen molar-refractivity contribution < 1.29 is 15.3 Å². The fraction of sp³-hybridized carbons (Fsp3) is 0.714. The van der Waals surface area contributed by atoms with Gasteiger partial charge in [0.1, 0.15) is 6.10 Å². The highest BCUT2D eigenvalue weighted by Crippen LogP contribution is 2.03. The summed E-state index contributed by atoms with van der Waals surface area (Å²) in [5.74, 6) is 0. The first-order chi connectivity index (χ1) is 4.59. The molecule has 0 bridgehead atoms. The standard InChI is InChI=1S/C7H14O3/c1-3-4-6(9)7(10)5(2)8/h3,5-10H,1,4H2,2H3/t5-,6+,7-/m1/s1. The molecule has 0 rings (SSSR count). The molecule has 0 aromatic heterocycles. The van der Waals surface area contributed by atoms with Crippen molar-refractivity contribution in [3.05, 3.63) is 12.7 Å². The van der Waals surface area contributed by atoms with Crippen molar-refractivity contribution in [2.75, 3.05) is 0 Å². The molecule has 10 heavy (non-hydrogen) atoms. The molecule has 3 heteroatoms. The van der Waals surface area contributed by atoms with Crippen LogP contribution in [0.5, 0.6) is 0 Å². The first-order valence-corrected chi connectivity index (χ1v) is 3.24. The maximum Gasteiger partial charge on any atom is 0.106 e. The van der Waals surface area contributed by atoms with E-state index >= 15 is 0 Å². The summed E-state index contributed by atoms with van der Waals surface area (Å²) < 4.78 is 0.